The van der Waals surface area contributed by atoms with Crippen LogP contribution in [-0.2, 0) is 12.8 Å². The van der Waals surface area contributed by atoms with Crippen molar-refractivity contribution in [1.82, 2.24) is 0 Å². The fourth-order valence-corrected chi connectivity index (χ4v) is 2.35. The van der Waals surface area contributed by atoms with Crippen LogP contribution in [0, 0.1) is 0 Å². The predicted octanol–water partition coefficient (Wildman–Crippen LogP) is 3.97. The predicted molar refractivity (Wildman–Crippen MR) is 72.3 cm³/mol. The van der Waals surface area contributed by atoms with Gasteiger partial charge in [-0.1, -0.05) is 25.1 Å². The van der Waals surface area contributed by atoms with E-state index < -0.39 is 0 Å². The van der Waals surface area contributed by atoms with E-state index in [1.54, 1.807) is 0 Å². The van der Waals surface area contributed by atoms with E-state index in [0.29, 0.717) is 0 Å². The Balaban J connectivity index is 1.81. The van der Waals surface area contributed by atoms with Crippen LogP contribution in [0.3, 0.4) is 0 Å². The minimum atomic E-state index is 1.01. The van der Waals surface area contributed by atoms with Crippen molar-refractivity contribution < 1.29 is 0 Å². The maximum atomic E-state index is 3.44. The second kappa shape index (κ2) is 5.71. The Kier molecular flexibility index (Phi) is 4.00. The van der Waals surface area contributed by atoms with Gasteiger partial charge in [-0.25, -0.2) is 0 Å². The molecule has 0 saturated heterocycles. The smallest absolute Gasteiger partial charge is 0.0340 e. The molecule has 0 aliphatic rings. The first-order valence-corrected chi connectivity index (χ1v) is 6.61. The summed E-state index contributed by atoms with van der Waals surface area (Å²) in [5, 5.41) is 5.57. The molecular formula is C14H17NS. The van der Waals surface area contributed by atoms with Crippen LogP contribution in [-0.4, -0.2) is 6.54 Å². The molecule has 0 bridgehead atoms. The summed E-state index contributed by atoms with van der Waals surface area (Å²) in [4.78, 5) is 1.44. The molecule has 84 valence electrons. The molecule has 1 aromatic carbocycles. The first-order valence-electron chi connectivity index (χ1n) is 5.73. The first kappa shape index (κ1) is 11.2. The van der Waals surface area contributed by atoms with Gasteiger partial charge in [-0.3, -0.25) is 0 Å². The molecule has 0 atom stereocenters. The second-order valence-corrected chi connectivity index (χ2v) is 4.84. The maximum Gasteiger partial charge on any atom is 0.0340 e. The van der Waals surface area contributed by atoms with Gasteiger partial charge in [0.25, 0.3) is 0 Å². The highest BCUT2D eigenvalue weighted by Gasteiger charge is 1.95. The number of anilines is 1. The summed E-state index contributed by atoms with van der Waals surface area (Å²) in [5.41, 5.74) is 2.61. The Hall–Kier alpha value is -1.28. The Morgan fingerprint density at radius 2 is 1.94 bits per heavy atom. The zero-order valence-corrected chi connectivity index (χ0v) is 10.4. The fourth-order valence-electron chi connectivity index (χ4n) is 1.64. The zero-order chi connectivity index (χ0) is 11.2. The summed E-state index contributed by atoms with van der Waals surface area (Å²) in [6, 6.07) is 13.0. The molecule has 0 spiro atoms. The molecule has 0 radical (unpaired) electrons. The molecule has 0 saturated carbocycles. The summed E-state index contributed by atoms with van der Waals surface area (Å²) in [6.45, 7) is 3.19. The van der Waals surface area contributed by atoms with Crippen LogP contribution >= 0.6 is 11.3 Å². The Bertz CT molecular complexity index is 403. The zero-order valence-electron chi connectivity index (χ0n) is 9.57. The van der Waals surface area contributed by atoms with E-state index in [1.807, 2.05) is 11.3 Å². The van der Waals surface area contributed by atoms with Crippen LogP contribution < -0.4 is 5.32 Å². The van der Waals surface area contributed by atoms with Crippen LogP contribution in [0.4, 0.5) is 5.69 Å². The van der Waals surface area contributed by atoms with Crippen molar-refractivity contribution in [3.63, 3.8) is 0 Å². The molecule has 1 nitrogen and oxygen atoms in total. The van der Waals surface area contributed by atoms with E-state index in [-0.39, 0.29) is 0 Å². The Labute approximate surface area is 101 Å². The highest BCUT2D eigenvalue weighted by Crippen LogP contribution is 2.12. The second-order valence-electron chi connectivity index (χ2n) is 3.81. The number of hydrogen-bond donors (Lipinski definition) is 1. The van der Waals surface area contributed by atoms with Crippen LogP contribution in [0.25, 0.3) is 0 Å². The van der Waals surface area contributed by atoms with Crippen molar-refractivity contribution in [3.8, 4) is 0 Å². The summed E-state index contributed by atoms with van der Waals surface area (Å²) in [5.74, 6) is 0. The average Bonchev–Trinajstić information content (AvgIpc) is 2.83. The number of benzene rings is 1. The minimum Gasteiger partial charge on any atom is -0.385 e. The Morgan fingerprint density at radius 3 is 2.56 bits per heavy atom. The van der Waals surface area contributed by atoms with E-state index in [1.165, 1.54) is 16.1 Å². The summed E-state index contributed by atoms with van der Waals surface area (Å²) in [7, 11) is 0. The van der Waals surface area contributed by atoms with Crippen molar-refractivity contribution in [2.24, 2.45) is 0 Å². The minimum absolute atomic E-state index is 1.01. The molecular weight excluding hydrogens is 214 g/mol. The van der Waals surface area contributed by atoms with E-state index in [4.69, 9.17) is 0 Å². The highest BCUT2D eigenvalue weighted by molar-refractivity contribution is 7.09. The summed E-state index contributed by atoms with van der Waals surface area (Å²) < 4.78 is 0. The van der Waals surface area contributed by atoms with E-state index in [0.717, 1.165) is 19.4 Å². The molecule has 2 rings (SSSR count). The molecule has 16 heavy (non-hydrogen) atoms. The molecule has 0 aliphatic heterocycles. The van der Waals surface area contributed by atoms with Crippen molar-refractivity contribution in [1.29, 1.82) is 0 Å². The Morgan fingerprint density at radius 1 is 1.12 bits per heavy atom. The topological polar surface area (TPSA) is 12.0 Å². The lowest BCUT2D eigenvalue weighted by molar-refractivity contribution is 1.04. The lowest BCUT2D eigenvalue weighted by atomic mass is 10.1. The monoisotopic (exact) mass is 231 g/mol. The fraction of sp³-hybridized carbons (Fsp3) is 0.286. The van der Waals surface area contributed by atoms with E-state index in [2.05, 4.69) is 54.0 Å². The average molecular weight is 231 g/mol. The summed E-state index contributed by atoms with van der Waals surface area (Å²) in [6.07, 6.45) is 2.21. The molecule has 1 aromatic heterocycles. The lowest BCUT2D eigenvalue weighted by Crippen LogP contribution is -2.03. The van der Waals surface area contributed by atoms with Gasteiger partial charge in [-0.15, -0.1) is 11.3 Å². The SMILES string of the molecule is CCc1ccc(NCCc2cccs2)cc1. The van der Waals surface area contributed by atoms with Crippen molar-refractivity contribution in [2.75, 3.05) is 11.9 Å². The third kappa shape index (κ3) is 3.11. The largest absolute Gasteiger partial charge is 0.385 e. The molecule has 2 heteroatoms. The molecule has 0 unspecified atom stereocenters. The normalized spacial score (nSPS) is 10.3. The molecule has 1 heterocycles. The van der Waals surface area contributed by atoms with E-state index in [9.17, 15) is 0 Å². The van der Waals surface area contributed by atoms with Crippen molar-refractivity contribution in [3.05, 3.63) is 52.2 Å². The third-order valence-corrected chi connectivity index (χ3v) is 3.58. The molecule has 0 aliphatic carbocycles. The van der Waals surface area contributed by atoms with Gasteiger partial charge in [-0.05, 0) is 42.0 Å². The molecule has 1 N–H and O–H groups in total. The van der Waals surface area contributed by atoms with Crippen LogP contribution in [0.1, 0.15) is 17.4 Å². The van der Waals surface area contributed by atoms with Crippen LogP contribution in [0.5, 0.6) is 0 Å². The van der Waals surface area contributed by atoms with Gasteiger partial charge >= 0.3 is 0 Å². The molecule has 2 aromatic rings. The number of aryl methyl sites for hydroxylation is 1. The lowest BCUT2D eigenvalue weighted by Gasteiger charge is -2.06. The van der Waals surface area contributed by atoms with Gasteiger partial charge < -0.3 is 5.32 Å². The quantitative estimate of drug-likeness (QED) is 0.821. The van der Waals surface area contributed by atoms with Gasteiger partial charge in [0.05, 0.1) is 0 Å². The van der Waals surface area contributed by atoms with E-state index >= 15 is 0 Å². The number of rotatable bonds is 5. The number of hydrogen-bond acceptors (Lipinski definition) is 2. The van der Waals surface area contributed by atoms with Crippen LogP contribution in [0.15, 0.2) is 41.8 Å². The maximum absolute atomic E-state index is 3.44. The molecule has 0 fully saturated rings. The first-order chi connectivity index (χ1) is 7.88. The number of nitrogens with one attached hydrogen (secondary N) is 1. The highest BCUT2D eigenvalue weighted by atomic mass is 32.1. The third-order valence-electron chi connectivity index (χ3n) is 2.64. The standard InChI is InChI=1S/C14H17NS/c1-2-12-5-7-13(8-6-12)15-10-9-14-4-3-11-16-14/h3-8,11,15H,2,9-10H2,1H3. The summed E-state index contributed by atoms with van der Waals surface area (Å²) >= 11 is 1.82. The number of thiophene rings is 1. The van der Waals surface area contributed by atoms with Crippen molar-refractivity contribution >= 4 is 17.0 Å². The van der Waals surface area contributed by atoms with Gasteiger partial charge in [0.15, 0.2) is 0 Å². The van der Waals surface area contributed by atoms with Crippen molar-refractivity contribution in [2.45, 2.75) is 19.8 Å². The van der Waals surface area contributed by atoms with Crippen LogP contribution in [0.2, 0.25) is 0 Å². The van der Waals surface area contributed by atoms with Gasteiger partial charge in [0.2, 0.25) is 0 Å². The van der Waals surface area contributed by atoms with Gasteiger partial charge in [-0.2, -0.15) is 0 Å². The van der Waals surface area contributed by atoms with Gasteiger partial charge in [0, 0.05) is 17.1 Å². The van der Waals surface area contributed by atoms with Gasteiger partial charge in [0.1, 0.15) is 0 Å². The molecule has 0 amide bonds.